The van der Waals surface area contributed by atoms with Crippen molar-refractivity contribution in [1.82, 2.24) is 15.0 Å². The van der Waals surface area contributed by atoms with E-state index in [0.29, 0.717) is 24.1 Å². The Bertz CT molecular complexity index is 910. The number of halogens is 1. The summed E-state index contributed by atoms with van der Waals surface area (Å²) in [5.41, 5.74) is 9.65. The Balaban J connectivity index is 1.68. The van der Waals surface area contributed by atoms with E-state index < -0.39 is 0 Å². The molecule has 0 aliphatic carbocycles. The van der Waals surface area contributed by atoms with Gasteiger partial charge in [-0.2, -0.15) is 0 Å². The number of H-pyrrole nitrogens is 1. The second-order valence-corrected chi connectivity index (χ2v) is 6.76. The third-order valence-corrected chi connectivity index (χ3v) is 4.88. The smallest absolute Gasteiger partial charge is 0.145 e. The minimum absolute atomic E-state index is 0.0489. The minimum Gasteiger partial charge on any atom is -0.380 e. The SMILES string of the molecule is Cc1ncc(NC2CCOCC2N)nc1-c1cc2c(Cl)cccc2[nH]1. The van der Waals surface area contributed by atoms with E-state index in [1.165, 1.54) is 0 Å². The number of hydrogen-bond donors (Lipinski definition) is 3. The van der Waals surface area contributed by atoms with Crippen molar-refractivity contribution in [1.29, 1.82) is 0 Å². The second-order valence-electron chi connectivity index (χ2n) is 6.35. The molecule has 0 amide bonds. The van der Waals surface area contributed by atoms with Crippen LogP contribution >= 0.6 is 11.6 Å². The Kier molecular flexibility index (Phi) is 4.33. The molecule has 1 fully saturated rings. The van der Waals surface area contributed by atoms with Crippen LogP contribution in [-0.2, 0) is 4.74 Å². The molecule has 4 N–H and O–H groups in total. The summed E-state index contributed by atoms with van der Waals surface area (Å²) in [7, 11) is 0. The molecule has 0 radical (unpaired) electrons. The molecule has 3 heterocycles. The van der Waals surface area contributed by atoms with E-state index in [1.807, 2.05) is 31.2 Å². The summed E-state index contributed by atoms with van der Waals surface area (Å²) in [6.07, 6.45) is 2.60. The number of fused-ring (bicyclic) bond motifs is 1. The predicted octanol–water partition coefficient (Wildman–Crippen LogP) is 3.11. The maximum absolute atomic E-state index is 6.28. The summed E-state index contributed by atoms with van der Waals surface area (Å²) >= 11 is 6.28. The van der Waals surface area contributed by atoms with Crippen molar-refractivity contribution < 1.29 is 4.74 Å². The van der Waals surface area contributed by atoms with Crippen molar-refractivity contribution in [3.63, 3.8) is 0 Å². The number of aromatic amines is 1. The molecule has 6 nitrogen and oxygen atoms in total. The monoisotopic (exact) mass is 357 g/mol. The summed E-state index contributed by atoms with van der Waals surface area (Å²) in [6, 6.07) is 7.90. The van der Waals surface area contributed by atoms with Gasteiger partial charge in [0.05, 0.1) is 24.2 Å². The lowest BCUT2D eigenvalue weighted by molar-refractivity contribution is 0.0752. The highest BCUT2D eigenvalue weighted by atomic mass is 35.5. The number of aromatic nitrogens is 3. The quantitative estimate of drug-likeness (QED) is 0.670. The normalized spacial score (nSPS) is 20.8. The van der Waals surface area contributed by atoms with Gasteiger partial charge in [-0.25, -0.2) is 4.98 Å². The highest BCUT2D eigenvalue weighted by molar-refractivity contribution is 6.35. The molecule has 1 aliphatic rings. The summed E-state index contributed by atoms with van der Waals surface area (Å²) in [6.45, 7) is 3.21. The highest BCUT2D eigenvalue weighted by Crippen LogP contribution is 2.29. The number of nitrogens with zero attached hydrogens (tertiary/aromatic N) is 2. The van der Waals surface area contributed by atoms with Crippen molar-refractivity contribution >= 4 is 28.3 Å². The van der Waals surface area contributed by atoms with Crippen LogP contribution in [0.3, 0.4) is 0 Å². The molecule has 7 heteroatoms. The zero-order chi connectivity index (χ0) is 17.4. The number of hydrogen-bond acceptors (Lipinski definition) is 5. The van der Waals surface area contributed by atoms with Crippen molar-refractivity contribution in [2.24, 2.45) is 5.73 Å². The van der Waals surface area contributed by atoms with Gasteiger partial charge in [0.1, 0.15) is 11.5 Å². The molecular weight excluding hydrogens is 338 g/mol. The molecule has 25 heavy (non-hydrogen) atoms. The van der Waals surface area contributed by atoms with E-state index in [4.69, 9.17) is 27.1 Å². The Morgan fingerprint density at radius 3 is 3.08 bits per heavy atom. The van der Waals surface area contributed by atoms with Crippen molar-refractivity contribution in [2.75, 3.05) is 18.5 Å². The van der Waals surface area contributed by atoms with Gasteiger partial charge in [0, 0.05) is 34.6 Å². The molecule has 2 aromatic heterocycles. The Hall–Kier alpha value is -2.15. The molecule has 0 bridgehead atoms. The van der Waals surface area contributed by atoms with Crippen LogP contribution in [-0.4, -0.2) is 40.2 Å². The van der Waals surface area contributed by atoms with Gasteiger partial charge < -0.3 is 20.8 Å². The van der Waals surface area contributed by atoms with E-state index >= 15 is 0 Å². The van der Waals surface area contributed by atoms with Crippen LogP contribution in [0.2, 0.25) is 5.02 Å². The van der Waals surface area contributed by atoms with Crippen LogP contribution in [0.15, 0.2) is 30.5 Å². The maximum Gasteiger partial charge on any atom is 0.145 e. The summed E-state index contributed by atoms with van der Waals surface area (Å²) in [5, 5.41) is 5.09. The molecule has 4 rings (SSSR count). The van der Waals surface area contributed by atoms with Crippen molar-refractivity contribution in [3.8, 4) is 11.4 Å². The molecule has 2 atom stereocenters. The lowest BCUT2D eigenvalue weighted by atomic mass is 10.0. The molecule has 130 valence electrons. The fourth-order valence-electron chi connectivity index (χ4n) is 3.15. The number of nitrogens with one attached hydrogen (secondary N) is 2. The number of nitrogens with two attached hydrogens (primary N) is 1. The molecule has 2 unspecified atom stereocenters. The van der Waals surface area contributed by atoms with Gasteiger partial charge in [-0.1, -0.05) is 17.7 Å². The average molecular weight is 358 g/mol. The summed E-state index contributed by atoms with van der Waals surface area (Å²) < 4.78 is 5.39. The summed E-state index contributed by atoms with van der Waals surface area (Å²) in [4.78, 5) is 12.6. The van der Waals surface area contributed by atoms with Crippen LogP contribution in [0.5, 0.6) is 0 Å². The van der Waals surface area contributed by atoms with Crippen molar-refractivity contribution in [3.05, 3.63) is 41.2 Å². The van der Waals surface area contributed by atoms with Gasteiger partial charge in [0.2, 0.25) is 0 Å². The fraction of sp³-hybridized carbons (Fsp3) is 0.333. The van der Waals surface area contributed by atoms with E-state index in [1.54, 1.807) is 6.20 Å². The topological polar surface area (TPSA) is 88.8 Å². The third-order valence-electron chi connectivity index (χ3n) is 4.56. The predicted molar refractivity (Wildman–Crippen MR) is 99.9 cm³/mol. The summed E-state index contributed by atoms with van der Waals surface area (Å²) in [5.74, 6) is 0.715. The van der Waals surface area contributed by atoms with Gasteiger partial charge in [-0.05, 0) is 31.5 Å². The Morgan fingerprint density at radius 2 is 2.28 bits per heavy atom. The number of ether oxygens (including phenoxy) is 1. The van der Waals surface area contributed by atoms with Gasteiger partial charge in [0.15, 0.2) is 0 Å². The number of anilines is 1. The van der Waals surface area contributed by atoms with Gasteiger partial charge in [-0.15, -0.1) is 0 Å². The third kappa shape index (κ3) is 3.20. The zero-order valence-electron chi connectivity index (χ0n) is 13.9. The molecule has 1 saturated heterocycles. The first kappa shape index (κ1) is 16.3. The van der Waals surface area contributed by atoms with E-state index in [-0.39, 0.29) is 12.1 Å². The fourth-order valence-corrected chi connectivity index (χ4v) is 3.38. The van der Waals surface area contributed by atoms with Crippen LogP contribution in [0.4, 0.5) is 5.82 Å². The van der Waals surface area contributed by atoms with E-state index in [2.05, 4.69) is 15.3 Å². The Labute approximate surface area is 150 Å². The van der Waals surface area contributed by atoms with E-state index in [0.717, 1.165) is 34.4 Å². The maximum atomic E-state index is 6.28. The van der Waals surface area contributed by atoms with Crippen LogP contribution in [0.25, 0.3) is 22.3 Å². The van der Waals surface area contributed by atoms with E-state index in [9.17, 15) is 0 Å². The molecule has 1 aliphatic heterocycles. The van der Waals surface area contributed by atoms with Gasteiger partial charge in [0.25, 0.3) is 0 Å². The van der Waals surface area contributed by atoms with Crippen LogP contribution in [0, 0.1) is 6.92 Å². The van der Waals surface area contributed by atoms with Gasteiger partial charge in [-0.3, -0.25) is 4.98 Å². The Morgan fingerprint density at radius 1 is 1.40 bits per heavy atom. The molecule has 0 saturated carbocycles. The first-order valence-electron chi connectivity index (χ1n) is 8.33. The second kappa shape index (κ2) is 6.63. The van der Waals surface area contributed by atoms with Crippen LogP contribution < -0.4 is 11.1 Å². The lowest BCUT2D eigenvalue weighted by Gasteiger charge is -2.29. The van der Waals surface area contributed by atoms with Crippen LogP contribution in [0.1, 0.15) is 12.1 Å². The van der Waals surface area contributed by atoms with Gasteiger partial charge >= 0.3 is 0 Å². The zero-order valence-corrected chi connectivity index (χ0v) is 14.7. The number of aryl methyl sites for hydroxylation is 1. The minimum atomic E-state index is -0.0489. The molecule has 3 aromatic rings. The highest BCUT2D eigenvalue weighted by Gasteiger charge is 2.23. The largest absolute Gasteiger partial charge is 0.380 e. The molecule has 0 spiro atoms. The number of benzene rings is 1. The first-order chi connectivity index (χ1) is 12.1. The first-order valence-corrected chi connectivity index (χ1v) is 8.71. The molecule has 1 aromatic carbocycles. The van der Waals surface area contributed by atoms with Crippen molar-refractivity contribution in [2.45, 2.75) is 25.4 Å². The average Bonchev–Trinajstić information content (AvgIpc) is 3.04. The number of rotatable bonds is 3. The standard InChI is InChI=1S/C18H20ClN5O/c1-10-18(16-7-11-12(19)3-2-4-14(11)22-16)24-17(8-21-10)23-15-5-6-25-9-13(15)20/h2-4,7-8,13,15,22H,5-6,9,20H2,1H3,(H,23,24). The molecular formula is C18H20ClN5O. The lowest BCUT2D eigenvalue weighted by Crippen LogP contribution is -2.47.